The maximum atomic E-state index is 11.9. The fourth-order valence-corrected chi connectivity index (χ4v) is 2.02. The highest BCUT2D eigenvalue weighted by Gasteiger charge is 2.10. The van der Waals surface area contributed by atoms with Crippen LogP contribution in [0.2, 0.25) is 0 Å². The van der Waals surface area contributed by atoms with Crippen LogP contribution in [0.15, 0.2) is 63.5 Å². The fourth-order valence-electron chi connectivity index (χ4n) is 1.75. The van der Waals surface area contributed by atoms with Crippen molar-refractivity contribution in [3.8, 4) is 11.5 Å². The topological polar surface area (TPSA) is 80.0 Å². The molecule has 3 aromatic rings. The van der Waals surface area contributed by atoms with Crippen molar-refractivity contribution in [1.82, 2.24) is 15.6 Å². The molecule has 0 spiro atoms. The molecule has 0 saturated carbocycles. The van der Waals surface area contributed by atoms with Gasteiger partial charge in [0.1, 0.15) is 0 Å². The van der Waals surface area contributed by atoms with Gasteiger partial charge in [0.15, 0.2) is 0 Å². The van der Waals surface area contributed by atoms with Gasteiger partial charge in [0, 0.05) is 15.6 Å². The first-order valence-corrected chi connectivity index (χ1v) is 7.22. The first kappa shape index (κ1) is 14.3. The van der Waals surface area contributed by atoms with Crippen molar-refractivity contribution in [1.29, 1.82) is 0 Å². The Hall–Kier alpha value is -2.67. The van der Waals surface area contributed by atoms with E-state index in [0.717, 1.165) is 10.0 Å². The van der Waals surface area contributed by atoms with E-state index in [1.165, 1.54) is 0 Å². The molecule has 6 nitrogen and oxygen atoms in total. The highest BCUT2D eigenvalue weighted by molar-refractivity contribution is 9.10. The van der Waals surface area contributed by atoms with Crippen LogP contribution in [0.1, 0.15) is 10.4 Å². The minimum Gasteiger partial charge on any atom is -0.402 e. The summed E-state index contributed by atoms with van der Waals surface area (Å²) in [6, 6.07) is 16.4. The summed E-state index contributed by atoms with van der Waals surface area (Å²) >= 11 is 3.36. The van der Waals surface area contributed by atoms with Crippen LogP contribution in [0.25, 0.3) is 11.5 Å². The maximum Gasteiger partial charge on any atom is 0.335 e. The van der Waals surface area contributed by atoms with Crippen LogP contribution in [0.5, 0.6) is 0 Å². The molecular weight excluding hydrogens is 348 g/mol. The zero-order valence-corrected chi connectivity index (χ0v) is 12.9. The monoisotopic (exact) mass is 358 g/mol. The Bertz CT molecular complexity index is 772. The molecule has 0 bridgehead atoms. The number of hydrogen-bond donors (Lipinski definition) is 2. The Morgan fingerprint density at radius 2 is 1.73 bits per heavy atom. The number of nitrogens with one attached hydrogen (secondary N) is 2. The molecule has 0 saturated heterocycles. The van der Waals surface area contributed by atoms with E-state index in [2.05, 4.69) is 37.0 Å². The van der Waals surface area contributed by atoms with Crippen molar-refractivity contribution in [2.45, 2.75) is 0 Å². The normalized spacial score (nSPS) is 10.2. The fraction of sp³-hybridized carbons (Fsp3) is 0. The highest BCUT2D eigenvalue weighted by atomic mass is 79.9. The molecule has 0 unspecified atom stereocenters. The number of rotatable bonds is 4. The van der Waals surface area contributed by atoms with Crippen LogP contribution >= 0.6 is 15.9 Å². The summed E-state index contributed by atoms with van der Waals surface area (Å²) in [7, 11) is 0. The molecule has 0 aliphatic heterocycles. The number of amides is 1. The molecule has 0 aliphatic rings. The van der Waals surface area contributed by atoms with Crippen LogP contribution in [-0.4, -0.2) is 16.1 Å². The van der Waals surface area contributed by atoms with Gasteiger partial charge < -0.3 is 4.42 Å². The van der Waals surface area contributed by atoms with E-state index in [1.54, 1.807) is 24.3 Å². The van der Waals surface area contributed by atoms with E-state index in [-0.39, 0.29) is 11.9 Å². The first-order valence-electron chi connectivity index (χ1n) is 6.43. The summed E-state index contributed by atoms with van der Waals surface area (Å²) in [6.07, 6.45) is 0. The molecule has 1 aromatic heterocycles. The largest absolute Gasteiger partial charge is 0.402 e. The second-order valence-corrected chi connectivity index (χ2v) is 5.28. The Balaban J connectivity index is 1.65. The lowest BCUT2D eigenvalue weighted by Crippen LogP contribution is -2.29. The van der Waals surface area contributed by atoms with E-state index < -0.39 is 0 Å². The molecular formula is C15H11BrN4O2. The Labute approximate surface area is 134 Å². The highest BCUT2D eigenvalue weighted by Crippen LogP contribution is 2.21. The molecule has 0 aliphatic carbocycles. The second-order valence-electron chi connectivity index (χ2n) is 4.36. The summed E-state index contributed by atoms with van der Waals surface area (Å²) in [4.78, 5) is 11.9. The van der Waals surface area contributed by atoms with Crippen LogP contribution < -0.4 is 10.9 Å². The summed E-state index contributed by atoms with van der Waals surface area (Å²) in [5, 5.41) is 7.75. The van der Waals surface area contributed by atoms with Gasteiger partial charge in [-0.15, -0.1) is 5.10 Å². The molecule has 7 heteroatoms. The zero-order chi connectivity index (χ0) is 15.4. The SMILES string of the molecule is O=C(NNc1nnc(-c2ccc(Br)cc2)o1)c1ccccc1. The average Bonchev–Trinajstić information content (AvgIpc) is 3.03. The number of hydrogen-bond acceptors (Lipinski definition) is 5. The van der Waals surface area contributed by atoms with Gasteiger partial charge in [0.05, 0.1) is 0 Å². The molecule has 2 N–H and O–H groups in total. The number of aromatic nitrogens is 2. The average molecular weight is 359 g/mol. The van der Waals surface area contributed by atoms with Crippen molar-refractivity contribution >= 4 is 27.9 Å². The number of carbonyl (C=O) groups excluding carboxylic acids is 1. The van der Waals surface area contributed by atoms with E-state index >= 15 is 0 Å². The molecule has 0 fully saturated rings. The number of anilines is 1. The minimum absolute atomic E-state index is 0.113. The molecule has 2 aromatic carbocycles. The van der Waals surface area contributed by atoms with Crippen LogP contribution in [0, 0.1) is 0 Å². The van der Waals surface area contributed by atoms with Crippen LogP contribution in [-0.2, 0) is 0 Å². The lowest BCUT2D eigenvalue weighted by Gasteiger charge is -2.03. The zero-order valence-electron chi connectivity index (χ0n) is 11.3. The standard InChI is InChI=1S/C15H11BrN4O2/c16-12-8-6-11(7-9-12)14-18-20-15(22-14)19-17-13(21)10-4-2-1-3-5-10/h1-9H,(H,17,21)(H,19,20). The molecule has 110 valence electrons. The molecule has 1 amide bonds. The quantitative estimate of drug-likeness (QED) is 0.699. The van der Waals surface area contributed by atoms with E-state index in [9.17, 15) is 4.79 Å². The van der Waals surface area contributed by atoms with Crippen LogP contribution in [0.4, 0.5) is 6.01 Å². The minimum atomic E-state index is -0.288. The van der Waals surface area contributed by atoms with Crippen molar-refractivity contribution in [3.05, 3.63) is 64.6 Å². The lowest BCUT2D eigenvalue weighted by molar-refractivity contribution is 0.0961. The third kappa shape index (κ3) is 3.32. The summed E-state index contributed by atoms with van der Waals surface area (Å²) in [5.41, 5.74) is 6.41. The van der Waals surface area contributed by atoms with E-state index in [0.29, 0.717) is 11.5 Å². The van der Waals surface area contributed by atoms with Crippen LogP contribution in [0.3, 0.4) is 0 Å². The van der Waals surface area contributed by atoms with Gasteiger partial charge in [-0.05, 0) is 36.4 Å². The number of halogens is 1. The molecule has 0 atom stereocenters. The van der Waals surface area contributed by atoms with Crippen molar-refractivity contribution in [3.63, 3.8) is 0 Å². The molecule has 22 heavy (non-hydrogen) atoms. The Kier molecular flexibility index (Phi) is 4.15. The van der Waals surface area contributed by atoms with Gasteiger partial charge in [-0.2, -0.15) is 0 Å². The molecule has 0 radical (unpaired) electrons. The predicted octanol–water partition coefficient (Wildman–Crippen LogP) is 3.26. The second kappa shape index (κ2) is 6.40. The third-order valence-corrected chi connectivity index (χ3v) is 3.36. The number of benzene rings is 2. The van der Waals surface area contributed by atoms with Crippen molar-refractivity contribution in [2.75, 3.05) is 5.43 Å². The van der Waals surface area contributed by atoms with Crippen molar-refractivity contribution in [2.24, 2.45) is 0 Å². The number of hydrazine groups is 1. The lowest BCUT2D eigenvalue weighted by atomic mass is 10.2. The number of nitrogens with zero attached hydrogens (tertiary/aromatic N) is 2. The van der Waals surface area contributed by atoms with Gasteiger partial charge in [0.25, 0.3) is 5.91 Å². The molecule has 3 rings (SSSR count). The Morgan fingerprint density at radius 1 is 1.00 bits per heavy atom. The molecule has 1 heterocycles. The maximum absolute atomic E-state index is 11.9. The smallest absolute Gasteiger partial charge is 0.335 e. The van der Waals surface area contributed by atoms with Gasteiger partial charge >= 0.3 is 6.01 Å². The van der Waals surface area contributed by atoms with Gasteiger partial charge in [-0.1, -0.05) is 39.2 Å². The van der Waals surface area contributed by atoms with Gasteiger partial charge in [-0.25, -0.2) is 5.43 Å². The van der Waals surface area contributed by atoms with E-state index in [4.69, 9.17) is 4.42 Å². The van der Waals surface area contributed by atoms with Gasteiger partial charge in [0.2, 0.25) is 5.89 Å². The third-order valence-electron chi connectivity index (χ3n) is 2.84. The summed E-state index contributed by atoms with van der Waals surface area (Å²) in [5.74, 6) is 0.0768. The first-order chi connectivity index (χ1) is 10.7. The summed E-state index contributed by atoms with van der Waals surface area (Å²) < 4.78 is 6.39. The number of carbonyl (C=O) groups is 1. The van der Waals surface area contributed by atoms with Gasteiger partial charge in [-0.3, -0.25) is 10.2 Å². The predicted molar refractivity (Wildman–Crippen MR) is 85.0 cm³/mol. The van der Waals surface area contributed by atoms with E-state index in [1.807, 2.05) is 30.3 Å². The van der Waals surface area contributed by atoms with Crippen molar-refractivity contribution < 1.29 is 9.21 Å². The summed E-state index contributed by atoms with van der Waals surface area (Å²) in [6.45, 7) is 0. The Morgan fingerprint density at radius 3 is 2.45 bits per heavy atom.